The van der Waals surface area contributed by atoms with E-state index in [1.54, 1.807) is 12.1 Å². The van der Waals surface area contributed by atoms with E-state index in [9.17, 15) is 9.59 Å². The van der Waals surface area contributed by atoms with Crippen LogP contribution >= 0.6 is 0 Å². The molecule has 2 heterocycles. The van der Waals surface area contributed by atoms with E-state index in [4.69, 9.17) is 9.15 Å². The zero-order valence-electron chi connectivity index (χ0n) is 16.7. The van der Waals surface area contributed by atoms with E-state index < -0.39 is 11.8 Å². The van der Waals surface area contributed by atoms with Crippen LogP contribution in [0.25, 0.3) is 17.0 Å². The first-order valence-electron chi connectivity index (χ1n) is 9.81. The fraction of sp³-hybridized carbons (Fsp3) is 0.217. The normalized spacial score (nSPS) is 14.2. The lowest BCUT2D eigenvalue weighted by molar-refractivity contribution is -0.117. The number of rotatable bonds is 4. The molecule has 4 rings (SSSR count). The van der Waals surface area contributed by atoms with E-state index in [1.165, 1.54) is 6.08 Å². The Morgan fingerprint density at radius 2 is 1.73 bits per heavy atom. The number of para-hydroxylation sites is 1. The number of amides is 2. The third kappa shape index (κ3) is 4.36. The van der Waals surface area contributed by atoms with Crippen LogP contribution in [0.4, 0.5) is 5.69 Å². The third-order valence-electron chi connectivity index (χ3n) is 5.05. The van der Waals surface area contributed by atoms with Gasteiger partial charge in [-0.1, -0.05) is 30.3 Å². The molecule has 30 heavy (non-hydrogen) atoms. The van der Waals surface area contributed by atoms with Gasteiger partial charge >= 0.3 is 5.91 Å². The minimum atomic E-state index is -0.500. The van der Waals surface area contributed by atoms with Crippen LogP contribution in [-0.4, -0.2) is 38.1 Å². The minimum absolute atomic E-state index is 0.180. The average molecular weight is 405 g/mol. The van der Waals surface area contributed by atoms with Crippen molar-refractivity contribution in [2.24, 2.45) is 0 Å². The van der Waals surface area contributed by atoms with E-state index in [0.717, 1.165) is 48.5 Å². The van der Waals surface area contributed by atoms with E-state index in [1.807, 2.05) is 49.4 Å². The molecular weight excluding hydrogens is 382 g/mol. The van der Waals surface area contributed by atoms with E-state index in [-0.39, 0.29) is 5.76 Å². The molecule has 0 aliphatic carbocycles. The summed E-state index contributed by atoms with van der Waals surface area (Å²) in [5.41, 5.74) is 8.15. The molecule has 0 bridgehead atoms. The summed E-state index contributed by atoms with van der Waals surface area (Å²) in [7, 11) is 0. The molecule has 0 atom stereocenters. The number of hydrogen-bond donors (Lipinski definition) is 2. The molecule has 2 N–H and O–H groups in total. The highest BCUT2D eigenvalue weighted by atomic mass is 16.5. The maximum atomic E-state index is 12.3. The molecule has 1 aliphatic heterocycles. The molecule has 0 radical (unpaired) electrons. The molecule has 0 spiro atoms. The summed E-state index contributed by atoms with van der Waals surface area (Å²) < 4.78 is 11.0. The molecular formula is C23H23N3O4. The highest BCUT2D eigenvalue weighted by molar-refractivity contribution is 6.00. The lowest BCUT2D eigenvalue weighted by Gasteiger charge is -2.28. The predicted octanol–water partition coefficient (Wildman–Crippen LogP) is 3.05. The van der Waals surface area contributed by atoms with Crippen molar-refractivity contribution in [1.29, 1.82) is 0 Å². The van der Waals surface area contributed by atoms with Gasteiger partial charge in [0.25, 0.3) is 5.91 Å². The number of nitrogens with zero attached hydrogens (tertiary/aromatic N) is 1. The highest BCUT2D eigenvalue weighted by Gasteiger charge is 2.17. The highest BCUT2D eigenvalue weighted by Crippen LogP contribution is 2.24. The van der Waals surface area contributed by atoms with Gasteiger partial charge in [0.2, 0.25) is 0 Å². The number of nitrogens with one attached hydrogen (secondary N) is 2. The van der Waals surface area contributed by atoms with Crippen molar-refractivity contribution >= 4 is 34.5 Å². The first kappa shape index (κ1) is 19.7. The van der Waals surface area contributed by atoms with Crippen LogP contribution in [0.5, 0.6) is 0 Å². The van der Waals surface area contributed by atoms with Gasteiger partial charge in [0.1, 0.15) is 5.58 Å². The second-order valence-electron chi connectivity index (χ2n) is 7.02. The average Bonchev–Trinajstić information content (AvgIpc) is 3.14. The molecule has 1 saturated heterocycles. The summed E-state index contributed by atoms with van der Waals surface area (Å²) >= 11 is 0. The Morgan fingerprint density at radius 1 is 1.00 bits per heavy atom. The Balaban J connectivity index is 1.32. The van der Waals surface area contributed by atoms with Crippen LogP contribution in [0.15, 0.2) is 59.0 Å². The van der Waals surface area contributed by atoms with Crippen molar-refractivity contribution in [2.75, 3.05) is 31.2 Å². The fourth-order valence-electron chi connectivity index (χ4n) is 3.40. The van der Waals surface area contributed by atoms with Gasteiger partial charge in [0.15, 0.2) is 5.76 Å². The number of morpholine rings is 1. The zero-order chi connectivity index (χ0) is 20.9. The molecule has 154 valence electrons. The number of ether oxygens (including phenoxy) is 1. The molecule has 2 aromatic carbocycles. The number of fused-ring (bicyclic) bond motifs is 1. The molecule has 0 saturated carbocycles. The molecule has 3 aromatic rings. The fourth-order valence-corrected chi connectivity index (χ4v) is 3.40. The van der Waals surface area contributed by atoms with Crippen LogP contribution < -0.4 is 15.8 Å². The second kappa shape index (κ2) is 8.84. The molecule has 7 heteroatoms. The van der Waals surface area contributed by atoms with Crippen molar-refractivity contribution in [3.8, 4) is 0 Å². The van der Waals surface area contributed by atoms with Crippen molar-refractivity contribution in [2.45, 2.75) is 6.92 Å². The summed E-state index contributed by atoms with van der Waals surface area (Å²) in [4.78, 5) is 26.7. The topological polar surface area (TPSA) is 83.8 Å². The zero-order valence-corrected chi connectivity index (χ0v) is 16.7. The first-order chi connectivity index (χ1) is 14.6. The standard InChI is InChI=1S/C23H23N3O4/c1-16-19-4-2-3-5-20(19)30-22(16)23(28)25-24-21(27)11-8-17-6-9-18(10-7-17)26-12-14-29-15-13-26/h2-11H,12-15H2,1H3,(H,24,27)(H,25,28)/b11-8+. The molecule has 7 nitrogen and oxygen atoms in total. The summed E-state index contributed by atoms with van der Waals surface area (Å²) in [6.45, 7) is 5.04. The van der Waals surface area contributed by atoms with Crippen LogP contribution in [-0.2, 0) is 9.53 Å². The predicted molar refractivity (Wildman–Crippen MR) is 115 cm³/mol. The summed E-state index contributed by atoms with van der Waals surface area (Å²) in [5, 5.41) is 0.870. The van der Waals surface area contributed by atoms with Crippen LogP contribution in [0.3, 0.4) is 0 Å². The molecule has 2 amide bonds. The summed E-state index contributed by atoms with van der Waals surface area (Å²) in [5.74, 6) is -0.756. The first-order valence-corrected chi connectivity index (χ1v) is 9.81. The van der Waals surface area contributed by atoms with Gasteiger partial charge in [-0.15, -0.1) is 0 Å². The van der Waals surface area contributed by atoms with Gasteiger partial charge in [-0.2, -0.15) is 0 Å². The van der Waals surface area contributed by atoms with Crippen molar-refractivity contribution in [3.05, 3.63) is 71.5 Å². The number of anilines is 1. The van der Waals surface area contributed by atoms with Gasteiger partial charge in [0, 0.05) is 35.8 Å². The lowest BCUT2D eigenvalue weighted by Crippen LogP contribution is -2.40. The number of carbonyl (C=O) groups is 2. The monoisotopic (exact) mass is 405 g/mol. The van der Waals surface area contributed by atoms with Crippen LogP contribution in [0.1, 0.15) is 21.7 Å². The van der Waals surface area contributed by atoms with E-state index >= 15 is 0 Å². The van der Waals surface area contributed by atoms with Gasteiger partial charge in [0.05, 0.1) is 13.2 Å². The van der Waals surface area contributed by atoms with Crippen LogP contribution in [0, 0.1) is 6.92 Å². The molecule has 1 aromatic heterocycles. The number of benzene rings is 2. The summed E-state index contributed by atoms with van der Waals surface area (Å²) in [6, 6.07) is 15.3. The smallest absolute Gasteiger partial charge is 0.305 e. The van der Waals surface area contributed by atoms with Crippen LogP contribution in [0.2, 0.25) is 0 Å². The lowest BCUT2D eigenvalue weighted by atomic mass is 10.1. The maximum absolute atomic E-state index is 12.3. The number of carbonyl (C=O) groups excluding carboxylic acids is 2. The number of hydrazine groups is 1. The van der Waals surface area contributed by atoms with Crippen molar-refractivity contribution < 1.29 is 18.7 Å². The molecule has 1 aliphatic rings. The molecule has 1 fully saturated rings. The largest absolute Gasteiger partial charge is 0.451 e. The Kier molecular flexibility index (Phi) is 5.81. The van der Waals surface area contributed by atoms with Crippen molar-refractivity contribution in [3.63, 3.8) is 0 Å². The van der Waals surface area contributed by atoms with Gasteiger partial charge in [-0.05, 0) is 36.8 Å². The van der Waals surface area contributed by atoms with Gasteiger partial charge in [-0.3, -0.25) is 20.4 Å². The van der Waals surface area contributed by atoms with E-state index in [2.05, 4.69) is 15.8 Å². The third-order valence-corrected chi connectivity index (χ3v) is 5.05. The van der Waals surface area contributed by atoms with E-state index in [0.29, 0.717) is 5.58 Å². The SMILES string of the molecule is Cc1c(C(=O)NNC(=O)/C=C/c2ccc(N3CCOCC3)cc2)oc2ccccc12. The van der Waals surface area contributed by atoms with Gasteiger partial charge < -0.3 is 14.1 Å². The Bertz CT molecular complexity index is 1080. The Morgan fingerprint density at radius 3 is 2.47 bits per heavy atom. The van der Waals surface area contributed by atoms with Crippen molar-refractivity contribution in [1.82, 2.24) is 10.9 Å². The summed E-state index contributed by atoms with van der Waals surface area (Å²) in [6.07, 6.45) is 3.06. The number of aryl methyl sites for hydroxylation is 1. The van der Waals surface area contributed by atoms with Gasteiger partial charge in [-0.25, -0.2) is 0 Å². The number of furan rings is 1. The number of hydrogen-bond acceptors (Lipinski definition) is 5. The maximum Gasteiger partial charge on any atom is 0.305 e. The Labute approximate surface area is 174 Å². The Hall–Kier alpha value is -3.58. The quantitative estimate of drug-likeness (QED) is 0.515. The second-order valence-corrected chi connectivity index (χ2v) is 7.02. The minimum Gasteiger partial charge on any atom is -0.451 e. The molecule has 0 unspecified atom stereocenters.